The Morgan fingerprint density at radius 1 is 1.39 bits per heavy atom. The van der Waals surface area contributed by atoms with Gasteiger partial charge in [-0.2, -0.15) is 0 Å². The van der Waals surface area contributed by atoms with Crippen LogP contribution in [0.1, 0.15) is 9.67 Å². The number of carbonyl (C=O) groups excluding carboxylic acids is 1. The fourth-order valence-corrected chi connectivity index (χ4v) is 2.66. The van der Waals surface area contributed by atoms with Gasteiger partial charge in [0.25, 0.3) is 5.91 Å². The second-order valence-electron chi connectivity index (χ2n) is 3.44. The number of carbonyl (C=O) groups is 1. The van der Waals surface area contributed by atoms with E-state index in [0.29, 0.717) is 16.3 Å². The third-order valence-corrected chi connectivity index (χ3v) is 3.78. The lowest BCUT2D eigenvalue weighted by molar-refractivity contribution is 0.103. The minimum Gasteiger partial charge on any atom is -0.497 e. The van der Waals surface area contributed by atoms with Crippen molar-refractivity contribution in [2.45, 2.75) is 0 Å². The number of hydrogen-bond donors (Lipinski definition) is 1. The molecule has 94 valence electrons. The van der Waals surface area contributed by atoms with Crippen LogP contribution in [0.2, 0.25) is 0 Å². The molecule has 1 heterocycles. The number of anilines is 1. The third kappa shape index (κ3) is 3.08. The number of thiophene rings is 1. The highest BCUT2D eigenvalue weighted by atomic mass is 79.9. The van der Waals surface area contributed by atoms with E-state index in [2.05, 4.69) is 21.2 Å². The minimum absolute atomic E-state index is 0.279. The summed E-state index contributed by atoms with van der Waals surface area (Å²) < 4.78 is 19.0. The van der Waals surface area contributed by atoms with Crippen molar-refractivity contribution >= 4 is 38.9 Å². The molecule has 0 radical (unpaired) electrons. The van der Waals surface area contributed by atoms with Gasteiger partial charge in [0.1, 0.15) is 11.6 Å². The SMILES string of the molecule is COc1cc(F)cc(NC(=O)c2ccc(Br)s2)c1. The van der Waals surface area contributed by atoms with Gasteiger partial charge in [0.15, 0.2) is 0 Å². The minimum atomic E-state index is -0.461. The summed E-state index contributed by atoms with van der Waals surface area (Å²) in [6.07, 6.45) is 0. The molecule has 0 spiro atoms. The third-order valence-electron chi connectivity index (χ3n) is 2.16. The second kappa shape index (κ2) is 5.49. The molecule has 0 aliphatic rings. The second-order valence-corrected chi connectivity index (χ2v) is 5.90. The Bertz CT molecular complexity index is 585. The number of methoxy groups -OCH3 is 1. The van der Waals surface area contributed by atoms with Crippen LogP contribution in [0.5, 0.6) is 5.75 Å². The van der Waals surface area contributed by atoms with Crippen molar-refractivity contribution in [2.24, 2.45) is 0 Å². The van der Waals surface area contributed by atoms with Crippen LogP contribution in [0.3, 0.4) is 0 Å². The van der Waals surface area contributed by atoms with E-state index in [9.17, 15) is 9.18 Å². The number of ether oxygens (including phenoxy) is 1. The van der Waals surface area contributed by atoms with Gasteiger partial charge in [-0.1, -0.05) is 0 Å². The van der Waals surface area contributed by atoms with E-state index in [1.807, 2.05) is 0 Å². The van der Waals surface area contributed by atoms with Crippen LogP contribution in [0.15, 0.2) is 34.1 Å². The van der Waals surface area contributed by atoms with E-state index in [-0.39, 0.29) is 5.91 Å². The topological polar surface area (TPSA) is 38.3 Å². The lowest BCUT2D eigenvalue weighted by Gasteiger charge is -2.06. The summed E-state index contributed by atoms with van der Waals surface area (Å²) in [6.45, 7) is 0. The van der Waals surface area contributed by atoms with Gasteiger partial charge in [-0.3, -0.25) is 4.79 Å². The van der Waals surface area contributed by atoms with Crippen molar-refractivity contribution in [3.8, 4) is 5.75 Å². The number of amides is 1. The molecule has 2 aromatic rings. The van der Waals surface area contributed by atoms with E-state index in [1.165, 1.54) is 30.6 Å². The molecule has 0 aliphatic carbocycles. The summed E-state index contributed by atoms with van der Waals surface area (Å²) >= 11 is 4.59. The molecular formula is C12H9BrFNO2S. The first-order chi connectivity index (χ1) is 8.58. The molecule has 0 unspecified atom stereocenters. The van der Waals surface area contributed by atoms with Gasteiger partial charge >= 0.3 is 0 Å². The molecule has 0 fully saturated rings. The Kier molecular flexibility index (Phi) is 3.98. The Morgan fingerprint density at radius 2 is 2.17 bits per heavy atom. The standard InChI is InChI=1S/C12H9BrFNO2S/c1-17-9-5-7(14)4-8(6-9)15-12(16)10-2-3-11(13)18-10/h2-6H,1H3,(H,15,16). The van der Waals surface area contributed by atoms with E-state index in [4.69, 9.17) is 4.74 Å². The van der Waals surface area contributed by atoms with Crippen molar-refractivity contribution in [3.05, 3.63) is 44.8 Å². The van der Waals surface area contributed by atoms with Gasteiger partial charge in [-0.15, -0.1) is 11.3 Å². The Morgan fingerprint density at radius 3 is 2.78 bits per heavy atom. The van der Waals surface area contributed by atoms with Crippen LogP contribution in [0.4, 0.5) is 10.1 Å². The monoisotopic (exact) mass is 329 g/mol. The smallest absolute Gasteiger partial charge is 0.265 e. The Balaban J connectivity index is 2.18. The van der Waals surface area contributed by atoms with Crippen LogP contribution in [-0.2, 0) is 0 Å². The van der Waals surface area contributed by atoms with Gasteiger partial charge in [0.05, 0.1) is 15.8 Å². The Hall–Kier alpha value is -1.40. The molecule has 0 bridgehead atoms. The van der Waals surface area contributed by atoms with Crippen LogP contribution >= 0.6 is 27.3 Å². The number of rotatable bonds is 3. The van der Waals surface area contributed by atoms with Gasteiger partial charge in [-0.25, -0.2) is 4.39 Å². The van der Waals surface area contributed by atoms with E-state index >= 15 is 0 Å². The molecule has 1 aromatic heterocycles. The zero-order valence-electron chi connectivity index (χ0n) is 9.37. The lowest BCUT2D eigenvalue weighted by Crippen LogP contribution is -2.10. The average Bonchev–Trinajstić information content (AvgIpc) is 2.75. The first kappa shape index (κ1) is 13.0. The van der Waals surface area contributed by atoms with Gasteiger partial charge in [0.2, 0.25) is 0 Å². The molecule has 3 nitrogen and oxygen atoms in total. The first-order valence-electron chi connectivity index (χ1n) is 5.00. The highest BCUT2D eigenvalue weighted by molar-refractivity contribution is 9.11. The number of halogens is 2. The van der Waals surface area contributed by atoms with Crippen LogP contribution < -0.4 is 10.1 Å². The maximum absolute atomic E-state index is 13.2. The fourth-order valence-electron chi connectivity index (χ4n) is 1.38. The molecule has 0 atom stereocenters. The Labute approximate surface area is 116 Å². The summed E-state index contributed by atoms with van der Waals surface area (Å²) in [5, 5.41) is 2.62. The van der Waals surface area contributed by atoms with Gasteiger partial charge < -0.3 is 10.1 Å². The molecule has 1 N–H and O–H groups in total. The number of hydrogen-bond acceptors (Lipinski definition) is 3. The van der Waals surface area contributed by atoms with Crippen LogP contribution in [0, 0.1) is 5.82 Å². The van der Waals surface area contributed by atoms with Crippen molar-refractivity contribution in [2.75, 3.05) is 12.4 Å². The van der Waals surface area contributed by atoms with Gasteiger partial charge in [0, 0.05) is 17.8 Å². The molecule has 18 heavy (non-hydrogen) atoms. The highest BCUT2D eigenvalue weighted by Crippen LogP contribution is 2.24. The van der Waals surface area contributed by atoms with Crippen LogP contribution in [0.25, 0.3) is 0 Å². The number of nitrogens with one attached hydrogen (secondary N) is 1. The maximum Gasteiger partial charge on any atom is 0.265 e. The molecule has 2 rings (SSSR count). The molecular weight excluding hydrogens is 321 g/mol. The zero-order chi connectivity index (χ0) is 13.1. The van der Waals surface area contributed by atoms with Gasteiger partial charge in [-0.05, 0) is 34.1 Å². The van der Waals surface area contributed by atoms with Crippen molar-refractivity contribution < 1.29 is 13.9 Å². The molecule has 0 saturated carbocycles. The summed E-state index contributed by atoms with van der Waals surface area (Å²) in [4.78, 5) is 12.4. The van der Waals surface area contributed by atoms with E-state index in [1.54, 1.807) is 18.2 Å². The first-order valence-corrected chi connectivity index (χ1v) is 6.60. The molecule has 1 aromatic carbocycles. The maximum atomic E-state index is 13.2. The summed E-state index contributed by atoms with van der Waals surface area (Å²) in [5.74, 6) is -0.381. The summed E-state index contributed by atoms with van der Waals surface area (Å²) in [7, 11) is 1.44. The summed E-state index contributed by atoms with van der Waals surface area (Å²) in [5.41, 5.74) is 0.362. The predicted molar refractivity (Wildman–Crippen MR) is 72.9 cm³/mol. The largest absolute Gasteiger partial charge is 0.497 e. The van der Waals surface area contributed by atoms with Crippen LogP contribution in [-0.4, -0.2) is 13.0 Å². The van der Waals surface area contributed by atoms with E-state index in [0.717, 1.165) is 3.79 Å². The summed E-state index contributed by atoms with van der Waals surface area (Å²) in [6, 6.07) is 7.52. The van der Waals surface area contributed by atoms with Crippen molar-refractivity contribution in [3.63, 3.8) is 0 Å². The predicted octanol–water partition coefficient (Wildman–Crippen LogP) is 3.91. The lowest BCUT2D eigenvalue weighted by atomic mass is 10.3. The highest BCUT2D eigenvalue weighted by Gasteiger charge is 2.10. The zero-order valence-corrected chi connectivity index (χ0v) is 11.8. The van der Waals surface area contributed by atoms with E-state index < -0.39 is 5.82 Å². The fraction of sp³-hybridized carbons (Fsp3) is 0.0833. The average molecular weight is 330 g/mol. The quantitative estimate of drug-likeness (QED) is 0.927. The molecule has 0 aliphatic heterocycles. The molecule has 1 amide bonds. The molecule has 0 saturated heterocycles. The van der Waals surface area contributed by atoms with Crippen molar-refractivity contribution in [1.82, 2.24) is 0 Å². The molecule has 6 heteroatoms. The van der Waals surface area contributed by atoms with Crippen molar-refractivity contribution in [1.29, 1.82) is 0 Å². The number of benzene rings is 1. The normalized spacial score (nSPS) is 10.2.